The normalized spacial score (nSPS) is 21.8. The zero-order valence-corrected chi connectivity index (χ0v) is 11.3. The average molecular weight is 271 g/mol. The molecule has 0 spiro atoms. The van der Waals surface area contributed by atoms with Crippen molar-refractivity contribution >= 4 is 10.0 Å². The zero-order chi connectivity index (χ0) is 13.2. The van der Waals surface area contributed by atoms with E-state index in [1.807, 2.05) is 6.92 Å². The van der Waals surface area contributed by atoms with Gasteiger partial charge in [0, 0.05) is 13.1 Å². The average Bonchev–Trinajstić information content (AvgIpc) is 2.39. The third-order valence-electron chi connectivity index (χ3n) is 2.90. The Morgan fingerprint density at radius 3 is 2.56 bits per heavy atom. The van der Waals surface area contributed by atoms with Gasteiger partial charge >= 0.3 is 0 Å². The van der Waals surface area contributed by atoms with Crippen molar-refractivity contribution in [2.75, 3.05) is 26.8 Å². The van der Waals surface area contributed by atoms with Crippen molar-refractivity contribution in [3.05, 3.63) is 24.3 Å². The third kappa shape index (κ3) is 2.66. The SMILES string of the molecule is COc1ccc(S(=O)(=O)N2CCO[C@@H](C)C2)cc1. The molecule has 0 N–H and O–H groups in total. The number of hydrogen-bond donors (Lipinski definition) is 0. The smallest absolute Gasteiger partial charge is 0.243 e. The number of nitrogens with zero attached hydrogens (tertiary/aromatic N) is 1. The molecule has 1 saturated heterocycles. The van der Waals surface area contributed by atoms with E-state index in [9.17, 15) is 8.42 Å². The highest BCUT2D eigenvalue weighted by molar-refractivity contribution is 7.89. The van der Waals surface area contributed by atoms with E-state index in [1.54, 1.807) is 31.4 Å². The monoisotopic (exact) mass is 271 g/mol. The molecule has 0 saturated carbocycles. The Bertz CT molecular complexity index is 497. The van der Waals surface area contributed by atoms with E-state index >= 15 is 0 Å². The minimum atomic E-state index is -3.42. The van der Waals surface area contributed by atoms with Crippen LogP contribution >= 0.6 is 0 Å². The number of hydrogen-bond acceptors (Lipinski definition) is 4. The lowest BCUT2D eigenvalue weighted by atomic mass is 10.3. The Morgan fingerprint density at radius 1 is 1.33 bits per heavy atom. The van der Waals surface area contributed by atoms with Crippen molar-refractivity contribution in [3.8, 4) is 5.75 Å². The molecule has 0 aromatic heterocycles. The van der Waals surface area contributed by atoms with Crippen LogP contribution in [0.5, 0.6) is 5.75 Å². The molecule has 1 atom stereocenters. The molecule has 0 unspecified atom stereocenters. The molecule has 1 aromatic rings. The maximum atomic E-state index is 12.4. The molecule has 0 aliphatic carbocycles. The first-order valence-electron chi connectivity index (χ1n) is 5.80. The van der Waals surface area contributed by atoms with Gasteiger partial charge in [-0.1, -0.05) is 0 Å². The minimum Gasteiger partial charge on any atom is -0.497 e. The molecule has 1 heterocycles. The van der Waals surface area contributed by atoms with Gasteiger partial charge in [-0.2, -0.15) is 4.31 Å². The highest BCUT2D eigenvalue weighted by Crippen LogP contribution is 2.21. The first-order valence-corrected chi connectivity index (χ1v) is 7.24. The zero-order valence-electron chi connectivity index (χ0n) is 10.5. The molecule has 18 heavy (non-hydrogen) atoms. The standard InChI is InChI=1S/C12H17NO4S/c1-10-9-13(7-8-17-10)18(14,15)12-5-3-11(16-2)4-6-12/h3-6,10H,7-9H2,1-2H3/t10-/m0/s1. The van der Waals surface area contributed by atoms with Gasteiger partial charge in [-0.25, -0.2) is 8.42 Å². The van der Waals surface area contributed by atoms with Crippen molar-refractivity contribution < 1.29 is 17.9 Å². The van der Waals surface area contributed by atoms with Crippen LogP contribution in [0, 0.1) is 0 Å². The number of methoxy groups -OCH3 is 1. The molecule has 2 rings (SSSR count). The number of morpholine rings is 1. The van der Waals surface area contributed by atoms with Crippen LogP contribution in [0.4, 0.5) is 0 Å². The summed E-state index contributed by atoms with van der Waals surface area (Å²) in [4.78, 5) is 0.289. The van der Waals surface area contributed by atoms with Crippen molar-refractivity contribution in [1.82, 2.24) is 4.31 Å². The predicted octanol–water partition coefficient (Wildman–Crippen LogP) is 1.10. The van der Waals surface area contributed by atoms with E-state index in [0.717, 1.165) is 0 Å². The predicted molar refractivity (Wildman–Crippen MR) is 67.2 cm³/mol. The third-order valence-corrected chi connectivity index (χ3v) is 4.78. The Hall–Kier alpha value is -1.11. The van der Waals surface area contributed by atoms with Gasteiger partial charge in [-0.3, -0.25) is 0 Å². The second-order valence-electron chi connectivity index (χ2n) is 4.22. The second-order valence-corrected chi connectivity index (χ2v) is 6.16. The fourth-order valence-electron chi connectivity index (χ4n) is 1.90. The summed E-state index contributed by atoms with van der Waals surface area (Å²) >= 11 is 0. The van der Waals surface area contributed by atoms with E-state index in [-0.39, 0.29) is 11.0 Å². The number of rotatable bonds is 3. The maximum absolute atomic E-state index is 12.4. The molecule has 1 fully saturated rings. The largest absolute Gasteiger partial charge is 0.497 e. The number of ether oxygens (including phenoxy) is 2. The summed E-state index contributed by atoms with van der Waals surface area (Å²) in [7, 11) is -1.87. The van der Waals surface area contributed by atoms with Gasteiger partial charge in [-0.05, 0) is 31.2 Å². The molecule has 1 aromatic carbocycles. The highest BCUT2D eigenvalue weighted by Gasteiger charge is 2.28. The Labute approximate surface area is 107 Å². The quantitative estimate of drug-likeness (QED) is 0.826. The van der Waals surface area contributed by atoms with E-state index in [0.29, 0.717) is 25.4 Å². The van der Waals surface area contributed by atoms with Gasteiger partial charge < -0.3 is 9.47 Å². The molecule has 6 heteroatoms. The summed E-state index contributed by atoms with van der Waals surface area (Å²) in [6.07, 6.45) is -0.0632. The van der Waals surface area contributed by atoms with Crippen LogP contribution in [0.1, 0.15) is 6.92 Å². The maximum Gasteiger partial charge on any atom is 0.243 e. The molecular formula is C12H17NO4S. The van der Waals surface area contributed by atoms with Gasteiger partial charge in [0.25, 0.3) is 0 Å². The van der Waals surface area contributed by atoms with E-state index in [1.165, 1.54) is 4.31 Å². The van der Waals surface area contributed by atoms with Crippen LogP contribution in [0.2, 0.25) is 0 Å². The van der Waals surface area contributed by atoms with Gasteiger partial charge in [-0.15, -0.1) is 0 Å². The summed E-state index contributed by atoms with van der Waals surface area (Å²) < 4.78 is 36.6. The van der Waals surface area contributed by atoms with E-state index < -0.39 is 10.0 Å². The second kappa shape index (κ2) is 5.26. The molecule has 1 aliphatic heterocycles. The van der Waals surface area contributed by atoms with Gasteiger partial charge in [0.15, 0.2) is 0 Å². The van der Waals surface area contributed by atoms with Crippen molar-refractivity contribution in [2.45, 2.75) is 17.9 Å². The van der Waals surface area contributed by atoms with Crippen molar-refractivity contribution in [1.29, 1.82) is 0 Å². The summed E-state index contributed by atoms with van der Waals surface area (Å²) in [5.41, 5.74) is 0. The molecular weight excluding hydrogens is 254 g/mol. The minimum absolute atomic E-state index is 0.0632. The van der Waals surface area contributed by atoms with Crippen molar-refractivity contribution in [3.63, 3.8) is 0 Å². The summed E-state index contributed by atoms with van der Waals surface area (Å²) in [5, 5.41) is 0. The number of sulfonamides is 1. The van der Waals surface area contributed by atoms with Gasteiger partial charge in [0.2, 0.25) is 10.0 Å². The topological polar surface area (TPSA) is 55.8 Å². The van der Waals surface area contributed by atoms with Crippen LogP contribution < -0.4 is 4.74 Å². The Morgan fingerprint density at radius 2 is 2.00 bits per heavy atom. The molecule has 0 radical (unpaired) electrons. The lowest BCUT2D eigenvalue weighted by molar-refractivity contribution is 0.0102. The summed E-state index contributed by atoms with van der Waals surface area (Å²) in [6, 6.07) is 6.43. The highest BCUT2D eigenvalue weighted by atomic mass is 32.2. The van der Waals surface area contributed by atoms with Crippen LogP contribution in [-0.2, 0) is 14.8 Å². The molecule has 1 aliphatic rings. The van der Waals surface area contributed by atoms with Crippen LogP contribution in [0.3, 0.4) is 0 Å². The van der Waals surface area contributed by atoms with Crippen LogP contribution in [0.15, 0.2) is 29.2 Å². The van der Waals surface area contributed by atoms with E-state index in [2.05, 4.69) is 0 Å². The Kier molecular flexibility index (Phi) is 3.89. The van der Waals surface area contributed by atoms with Crippen molar-refractivity contribution in [2.24, 2.45) is 0 Å². The van der Waals surface area contributed by atoms with Gasteiger partial charge in [0.1, 0.15) is 5.75 Å². The first kappa shape index (κ1) is 13.3. The summed E-state index contributed by atoms with van der Waals surface area (Å²) in [6.45, 7) is 3.11. The number of benzene rings is 1. The van der Waals surface area contributed by atoms with Crippen LogP contribution in [-0.4, -0.2) is 45.6 Å². The first-order chi connectivity index (χ1) is 8.54. The van der Waals surface area contributed by atoms with Crippen LogP contribution in [0.25, 0.3) is 0 Å². The summed E-state index contributed by atoms with van der Waals surface area (Å²) in [5.74, 6) is 0.643. The van der Waals surface area contributed by atoms with E-state index in [4.69, 9.17) is 9.47 Å². The fraction of sp³-hybridized carbons (Fsp3) is 0.500. The molecule has 100 valence electrons. The molecule has 0 bridgehead atoms. The fourth-order valence-corrected chi connectivity index (χ4v) is 3.40. The molecule has 0 amide bonds. The molecule has 5 nitrogen and oxygen atoms in total. The van der Waals surface area contributed by atoms with Gasteiger partial charge in [0.05, 0.1) is 24.7 Å². The Balaban J connectivity index is 2.23. The lowest BCUT2D eigenvalue weighted by Crippen LogP contribution is -2.44. The lowest BCUT2D eigenvalue weighted by Gasteiger charge is -2.30.